The molecule has 100 valence electrons. The van der Waals surface area contributed by atoms with E-state index in [9.17, 15) is 4.79 Å². The van der Waals surface area contributed by atoms with Crippen LogP contribution in [-0.2, 0) is 11.2 Å². The van der Waals surface area contributed by atoms with E-state index in [1.165, 1.54) is 0 Å². The molecule has 4 nitrogen and oxygen atoms in total. The van der Waals surface area contributed by atoms with Gasteiger partial charge < -0.3 is 15.6 Å². The fraction of sp³-hybridized carbons (Fsp3) is 0.462. The van der Waals surface area contributed by atoms with Crippen LogP contribution in [-0.4, -0.2) is 23.7 Å². The number of hydrogen-bond acceptors (Lipinski definition) is 3. The van der Waals surface area contributed by atoms with Crippen molar-refractivity contribution in [3.05, 3.63) is 28.2 Å². The van der Waals surface area contributed by atoms with Gasteiger partial charge in [-0.15, -0.1) is 0 Å². The van der Waals surface area contributed by atoms with Crippen molar-refractivity contribution in [2.24, 2.45) is 5.73 Å². The topological polar surface area (TPSA) is 72.5 Å². The van der Waals surface area contributed by atoms with E-state index in [-0.39, 0.29) is 0 Å². The van der Waals surface area contributed by atoms with Gasteiger partial charge >= 0.3 is 5.97 Å². The summed E-state index contributed by atoms with van der Waals surface area (Å²) in [6, 6.07) is 5.62. The lowest BCUT2D eigenvalue weighted by Crippen LogP contribution is -2.27. The molecular formula is C13H18BrNO3. The second-order valence-corrected chi connectivity index (χ2v) is 4.85. The van der Waals surface area contributed by atoms with Crippen LogP contribution in [0.2, 0.25) is 0 Å². The maximum Gasteiger partial charge on any atom is 0.344 e. The van der Waals surface area contributed by atoms with Gasteiger partial charge in [-0.2, -0.15) is 0 Å². The Balaban J connectivity index is 2.96. The second-order valence-electron chi connectivity index (χ2n) is 4.00. The summed E-state index contributed by atoms with van der Waals surface area (Å²) < 4.78 is 6.39. The number of rotatable bonds is 7. The smallest absolute Gasteiger partial charge is 0.344 e. The Hall–Kier alpha value is -1.07. The van der Waals surface area contributed by atoms with Crippen molar-refractivity contribution >= 4 is 21.9 Å². The number of halogens is 1. The third kappa shape index (κ3) is 3.99. The summed E-state index contributed by atoms with van der Waals surface area (Å²) in [5.41, 5.74) is 6.47. The molecule has 0 aliphatic rings. The summed E-state index contributed by atoms with van der Waals surface area (Å²) in [6.07, 6.45) is 1.09. The number of carboxylic acid groups (broad SMARTS) is 1. The van der Waals surface area contributed by atoms with Crippen molar-refractivity contribution in [2.75, 3.05) is 6.54 Å². The van der Waals surface area contributed by atoms with E-state index in [0.29, 0.717) is 25.1 Å². The summed E-state index contributed by atoms with van der Waals surface area (Å²) in [6.45, 7) is 2.43. The molecule has 18 heavy (non-hydrogen) atoms. The van der Waals surface area contributed by atoms with Crippen molar-refractivity contribution in [1.82, 2.24) is 0 Å². The Labute approximate surface area is 115 Å². The van der Waals surface area contributed by atoms with Gasteiger partial charge in [-0.05, 0) is 46.9 Å². The molecule has 0 radical (unpaired) electrons. The fourth-order valence-corrected chi connectivity index (χ4v) is 2.18. The number of aliphatic carboxylic acids is 1. The minimum absolute atomic E-state index is 0.485. The van der Waals surface area contributed by atoms with Gasteiger partial charge in [-0.1, -0.05) is 25.5 Å². The van der Waals surface area contributed by atoms with Crippen molar-refractivity contribution in [3.8, 4) is 5.75 Å². The Morgan fingerprint density at radius 2 is 2.28 bits per heavy atom. The second kappa shape index (κ2) is 7.38. The van der Waals surface area contributed by atoms with Crippen LogP contribution in [0.1, 0.15) is 25.3 Å². The minimum atomic E-state index is -0.939. The first kappa shape index (κ1) is 15.0. The number of nitrogens with two attached hydrogens (primary N) is 1. The molecule has 0 aliphatic heterocycles. The number of para-hydroxylation sites is 1. The molecule has 0 heterocycles. The molecule has 3 N–H and O–H groups in total. The number of ether oxygens (including phenoxy) is 1. The molecule has 1 unspecified atom stereocenters. The highest BCUT2D eigenvalue weighted by atomic mass is 79.9. The molecule has 0 aromatic heterocycles. The van der Waals surface area contributed by atoms with Gasteiger partial charge in [-0.3, -0.25) is 0 Å². The summed E-state index contributed by atoms with van der Waals surface area (Å²) in [4.78, 5) is 11.1. The monoisotopic (exact) mass is 315 g/mol. The van der Waals surface area contributed by atoms with Crippen molar-refractivity contribution < 1.29 is 14.6 Å². The van der Waals surface area contributed by atoms with E-state index in [1.54, 1.807) is 0 Å². The van der Waals surface area contributed by atoms with E-state index in [1.807, 2.05) is 25.1 Å². The zero-order chi connectivity index (χ0) is 13.5. The van der Waals surface area contributed by atoms with E-state index in [0.717, 1.165) is 16.5 Å². The first-order chi connectivity index (χ1) is 8.60. The number of benzene rings is 1. The molecule has 0 spiro atoms. The van der Waals surface area contributed by atoms with Crippen LogP contribution in [0.25, 0.3) is 0 Å². The molecule has 1 aromatic rings. The first-order valence-electron chi connectivity index (χ1n) is 5.97. The zero-order valence-corrected chi connectivity index (χ0v) is 11.9. The molecule has 0 aliphatic carbocycles. The zero-order valence-electron chi connectivity index (χ0n) is 10.4. The third-order valence-corrected chi connectivity index (χ3v) is 3.17. The van der Waals surface area contributed by atoms with Crippen LogP contribution >= 0.6 is 15.9 Å². The number of carbonyl (C=O) groups is 1. The van der Waals surface area contributed by atoms with E-state index < -0.39 is 12.1 Å². The van der Waals surface area contributed by atoms with Crippen LogP contribution in [0.3, 0.4) is 0 Å². The molecule has 1 aromatic carbocycles. The standard InChI is InChI=1S/C13H18BrNO3/c1-2-4-11(13(16)17)18-12-9(7-8-15)5-3-6-10(12)14/h3,5-6,11H,2,4,7-8,15H2,1H3,(H,16,17). The highest BCUT2D eigenvalue weighted by molar-refractivity contribution is 9.10. The van der Waals surface area contributed by atoms with Gasteiger partial charge in [-0.25, -0.2) is 4.79 Å². The van der Waals surface area contributed by atoms with E-state index in [2.05, 4.69) is 15.9 Å². The quantitative estimate of drug-likeness (QED) is 0.811. The highest BCUT2D eigenvalue weighted by Gasteiger charge is 2.20. The van der Waals surface area contributed by atoms with Crippen LogP contribution in [0.15, 0.2) is 22.7 Å². The first-order valence-corrected chi connectivity index (χ1v) is 6.76. The molecule has 0 amide bonds. The van der Waals surface area contributed by atoms with Crippen LogP contribution in [0.5, 0.6) is 5.75 Å². The van der Waals surface area contributed by atoms with E-state index in [4.69, 9.17) is 15.6 Å². The van der Waals surface area contributed by atoms with Crippen LogP contribution in [0.4, 0.5) is 0 Å². The maximum atomic E-state index is 11.1. The summed E-state index contributed by atoms with van der Waals surface area (Å²) in [5.74, 6) is -0.352. The molecule has 0 saturated carbocycles. The maximum absolute atomic E-state index is 11.1. The third-order valence-electron chi connectivity index (χ3n) is 2.55. The van der Waals surface area contributed by atoms with Gasteiger partial charge in [0, 0.05) is 0 Å². The fourth-order valence-electron chi connectivity index (χ4n) is 1.68. The summed E-state index contributed by atoms with van der Waals surface area (Å²) >= 11 is 3.39. The number of carboxylic acids is 1. The molecule has 5 heteroatoms. The predicted octanol–water partition coefficient (Wildman–Crippen LogP) is 2.58. The van der Waals surface area contributed by atoms with Gasteiger partial charge in [0.05, 0.1) is 4.47 Å². The molecule has 0 saturated heterocycles. The van der Waals surface area contributed by atoms with Gasteiger partial charge in [0.1, 0.15) is 5.75 Å². The Kier molecular flexibility index (Phi) is 6.15. The van der Waals surface area contributed by atoms with Gasteiger partial charge in [0.25, 0.3) is 0 Å². The lowest BCUT2D eigenvalue weighted by Gasteiger charge is -2.18. The highest BCUT2D eigenvalue weighted by Crippen LogP contribution is 2.30. The molecule has 1 rings (SSSR count). The van der Waals surface area contributed by atoms with Crippen molar-refractivity contribution in [2.45, 2.75) is 32.3 Å². The molecular weight excluding hydrogens is 298 g/mol. The molecule has 1 atom stereocenters. The SMILES string of the molecule is CCCC(Oc1c(Br)cccc1CCN)C(=O)O. The lowest BCUT2D eigenvalue weighted by molar-refractivity contribution is -0.145. The molecule has 0 bridgehead atoms. The average molecular weight is 316 g/mol. The Bertz CT molecular complexity index is 409. The Morgan fingerprint density at radius 1 is 1.56 bits per heavy atom. The molecule has 0 fully saturated rings. The van der Waals surface area contributed by atoms with Crippen molar-refractivity contribution in [3.63, 3.8) is 0 Å². The Morgan fingerprint density at radius 3 is 2.83 bits per heavy atom. The van der Waals surface area contributed by atoms with Crippen LogP contribution < -0.4 is 10.5 Å². The largest absolute Gasteiger partial charge is 0.479 e. The van der Waals surface area contributed by atoms with Crippen molar-refractivity contribution in [1.29, 1.82) is 0 Å². The lowest BCUT2D eigenvalue weighted by atomic mass is 10.1. The van der Waals surface area contributed by atoms with Gasteiger partial charge in [0.2, 0.25) is 0 Å². The average Bonchev–Trinajstić information content (AvgIpc) is 2.32. The summed E-state index contributed by atoms with van der Waals surface area (Å²) in [7, 11) is 0. The minimum Gasteiger partial charge on any atom is -0.479 e. The predicted molar refractivity (Wildman–Crippen MR) is 73.9 cm³/mol. The van der Waals surface area contributed by atoms with E-state index >= 15 is 0 Å². The van der Waals surface area contributed by atoms with Crippen LogP contribution in [0, 0.1) is 0 Å². The van der Waals surface area contributed by atoms with Gasteiger partial charge in [0.15, 0.2) is 6.10 Å². The normalized spacial score (nSPS) is 12.2. The number of hydrogen-bond donors (Lipinski definition) is 2. The summed E-state index contributed by atoms with van der Waals surface area (Å²) in [5, 5.41) is 9.11.